The Bertz CT molecular complexity index is 322. The van der Waals surface area contributed by atoms with Crippen molar-refractivity contribution in [3.8, 4) is 6.07 Å². The van der Waals surface area contributed by atoms with Crippen molar-refractivity contribution in [1.29, 1.82) is 5.26 Å². The van der Waals surface area contributed by atoms with E-state index in [2.05, 4.69) is 6.92 Å². The van der Waals surface area contributed by atoms with Crippen molar-refractivity contribution in [2.24, 2.45) is 11.7 Å². The van der Waals surface area contributed by atoms with Crippen LogP contribution in [0, 0.1) is 17.2 Å². The Kier molecular flexibility index (Phi) is 17.5. The van der Waals surface area contributed by atoms with Gasteiger partial charge in [-0.3, -0.25) is 4.79 Å². The molecule has 0 saturated heterocycles. The first-order chi connectivity index (χ1) is 11.7. The Hall–Kier alpha value is -1.04. The van der Waals surface area contributed by atoms with E-state index in [1.165, 1.54) is 89.9 Å². The van der Waals surface area contributed by atoms with Gasteiger partial charge in [0.1, 0.15) is 5.92 Å². The molecule has 0 rings (SSSR count). The van der Waals surface area contributed by atoms with Crippen LogP contribution < -0.4 is 5.73 Å². The number of nitrogens with two attached hydrogens (primary N) is 1. The monoisotopic (exact) mass is 336 g/mol. The maximum absolute atomic E-state index is 10.9. The molecule has 0 fully saturated rings. The van der Waals surface area contributed by atoms with Gasteiger partial charge < -0.3 is 5.73 Å². The summed E-state index contributed by atoms with van der Waals surface area (Å²) < 4.78 is 0. The molecule has 0 bridgehead atoms. The minimum Gasteiger partial charge on any atom is -0.369 e. The third-order valence-corrected chi connectivity index (χ3v) is 4.85. The molecule has 0 aromatic carbocycles. The second kappa shape index (κ2) is 18.3. The van der Waals surface area contributed by atoms with Gasteiger partial charge >= 0.3 is 0 Å². The van der Waals surface area contributed by atoms with E-state index in [-0.39, 0.29) is 0 Å². The van der Waals surface area contributed by atoms with E-state index < -0.39 is 11.8 Å². The van der Waals surface area contributed by atoms with E-state index in [0.29, 0.717) is 6.42 Å². The summed E-state index contributed by atoms with van der Waals surface area (Å²) in [6.45, 7) is 2.27. The van der Waals surface area contributed by atoms with Crippen LogP contribution >= 0.6 is 0 Å². The van der Waals surface area contributed by atoms with Crippen LogP contribution in [0.15, 0.2) is 0 Å². The highest BCUT2D eigenvalue weighted by Gasteiger charge is 2.12. The normalized spacial score (nSPS) is 12.0. The molecule has 1 unspecified atom stereocenters. The van der Waals surface area contributed by atoms with Crippen molar-refractivity contribution in [2.45, 2.75) is 116 Å². The highest BCUT2D eigenvalue weighted by atomic mass is 16.1. The predicted octanol–water partition coefficient (Wildman–Crippen LogP) is 6.26. The molecule has 3 heteroatoms. The van der Waals surface area contributed by atoms with Gasteiger partial charge in [0, 0.05) is 0 Å². The number of amides is 1. The molecule has 0 aromatic rings. The number of carbonyl (C=O) groups excluding carboxylic acids is 1. The van der Waals surface area contributed by atoms with Crippen molar-refractivity contribution in [3.05, 3.63) is 0 Å². The zero-order chi connectivity index (χ0) is 17.9. The molecule has 0 heterocycles. The second-order valence-corrected chi connectivity index (χ2v) is 7.18. The molecule has 1 amide bonds. The molecule has 0 aliphatic rings. The first-order valence-electron chi connectivity index (χ1n) is 10.4. The standard InChI is InChI=1S/C21H40N2O/c1-2-3-4-5-6-7-8-9-10-11-12-13-14-15-16-17-18-20(19-22)21(23)24/h20H,2-18H2,1H3,(H2,23,24). The third-order valence-electron chi connectivity index (χ3n) is 4.85. The van der Waals surface area contributed by atoms with Crippen LogP contribution in [-0.2, 0) is 4.79 Å². The lowest BCUT2D eigenvalue weighted by Gasteiger charge is -2.05. The number of hydrogen-bond acceptors (Lipinski definition) is 2. The number of unbranched alkanes of at least 4 members (excludes halogenated alkanes) is 15. The molecule has 140 valence electrons. The lowest BCUT2D eigenvalue weighted by Crippen LogP contribution is -2.21. The summed E-state index contributed by atoms with van der Waals surface area (Å²) in [5, 5.41) is 8.77. The Labute approximate surface area is 150 Å². The van der Waals surface area contributed by atoms with Gasteiger partial charge in [-0.05, 0) is 6.42 Å². The lowest BCUT2D eigenvalue weighted by molar-refractivity contribution is -0.120. The number of nitriles is 1. The topological polar surface area (TPSA) is 66.9 Å². The van der Waals surface area contributed by atoms with Gasteiger partial charge in [0.25, 0.3) is 0 Å². The van der Waals surface area contributed by atoms with Crippen molar-refractivity contribution in [3.63, 3.8) is 0 Å². The number of hydrogen-bond donors (Lipinski definition) is 1. The summed E-state index contributed by atoms with van der Waals surface area (Å²) in [6, 6.07) is 1.98. The van der Waals surface area contributed by atoms with Gasteiger partial charge in [-0.1, -0.05) is 110 Å². The van der Waals surface area contributed by atoms with Gasteiger partial charge in [0.2, 0.25) is 5.91 Å². The summed E-state index contributed by atoms with van der Waals surface area (Å²) >= 11 is 0. The Morgan fingerprint density at radius 1 is 0.750 bits per heavy atom. The molecular weight excluding hydrogens is 296 g/mol. The predicted molar refractivity (Wildman–Crippen MR) is 102 cm³/mol. The summed E-state index contributed by atoms with van der Waals surface area (Å²) in [5.41, 5.74) is 5.15. The van der Waals surface area contributed by atoms with Crippen LogP contribution in [0.25, 0.3) is 0 Å². The Balaban J connectivity index is 3.13. The van der Waals surface area contributed by atoms with E-state index in [1.807, 2.05) is 6.07 Å². The number of carbonyl (C=O) groups is 1. The fraction of sp³-hybridized carbons (Fsp3) is 0.905. The van der Waals surface area contributed by atoms with Gasteiger partial charge in [0.15, 0.2) is 0 Å². The van der Waals surface area contributed by atoms with E-state index >= 15 is 0 Å². The van der Waals surface area contributed by atoms with E-state index in [0.717, 1.165) is 12.8 Å². The quantitative estimate of drug-likeness (QED) is 0.300. The summed E-state index contributed by atoms with van der Waals surface area (Å²) in [4.78, 5) is 10.9. The van der Waals surface area contributed by atoms with E-state index in [1.54, 1.807) is 0 Å². The van der Waals surface area contributed by atoms with Gasteiger partial charge in [-0.2, -0.15) is 5.26 Å². The highest BCUT2D eigenvalue weighted by molar-refractivity contribution is 5.79. The largest absolute Gasteiger partial charge is 0.369 e. The summed E-state index contributed by atoms with van der Waals surface area (Å²) in [6.07, 6.45) is 22.0. The zero-order valence-electron chi connectivity index (χ0n) is 16.0. The van der Waals surface area contributed by atoms with Crippen LogP contribution in [0.4, 0.5) is 0 Å². The maximum atomic E-state index is 10.9. The van der Waals surface area contributed by atoms with Crippen molar-refractivity contribution in [2.75, 3.05) is 0 Å². The van der Waals surface area contributed by atoms with Crippen molar-refractivity contribution < 1.29 is 4.79 Å². The Morgan fingerprint density at radius 2 is 1.08 bits per heavy atom. The van der Waals surface area contributed by atoms with E-state index in [9.17, 15) is 4.79 Å². The average Bonchev–Trinajstić information content (AvgIpc) is 2.57. The molecule has 0 aliphatic carbocycles. The highest BCUT2D eigenvalue weighted by Crippen LogP contribution is 2.15. The summed E-state index contributed by atoms with van der Waals surface area (Å²) in [7, 11) is 0. The van der Waals surface area contributed by atoms with Crippen molar-refractivity contribution >= 4 is 5.91 Å². The minimum atomic E-state index is -0.586. The molecule has 0 spiro atoms. The van der Waals surface area contributed by atoms with Crippen LogP contribution in [0.2, 0.25) is 0 Å². The van der Waals surface area contributed by atoms with Crippen LogP contribution in [-0.4, -0.2) is 5.91 Å². The van der Waals surface area contributed by atoms with E-state index in [4.69, 9.17) is 11.0 Å². The number of primary amides is 1. The fourth-order valence-electron chi connectivity index (χ4n) is 3.17. The summed E-state index contributed by atoms with van der Waals surface area (Å²) in [5.74, 6) is -1.06. The molecule has 0 aliphatic heterocycles. The number of nitrogens with zero attached hydrogens (tertiary/aromatic N) is 1. The molecule has 0 aromatic heterocycles. The van der Waals surface area contributed by atoms with Crippen LogP contribution in [0.1, 0.15) is 116 Å². The maximum Gasteiger partial charge on any atom is 0.234 e. The number of rotatable bonds is 18. The minimum absolute atomic E-state index is 0.474. The van der Waals surface area contributed by atoms with Crippen LogP contribution in [0.5, 0.6) is 0 Å². The molecule has 2 N–H and O–H groups in total. The SMILES string of the molecule is CCCCCCCCCCCCCCCCCCC(C#N)C(N)=O. The second-order valence-electron chi connectivity index (χ2n) is 7.18. The molecule has 0 radical (unpaired) electrons. The first kappa shape index (κ1) is 23.0. The average molecular weight is 337 g/mol. The molecule has 1 atom stereocenters. The molecule has 24 heavy (non-hydrogen) atoms. The fourth-order valence-corrected chi connectivity index (χ4v) is 3.17. The molecule has 0 saturated carbocycles. The van der Waals surface area contributed by atoms with Gasteiger partial charge in [0.05, 0.1) is 6.07 Å². The first-order valence-corrected chi connectivity index (χ1v) is 10.4. The smallest absolute Gasteiger partial charge is 0.234 e. The van der Waals surface area contributed by atoms with Crippen molar-refractivity contribution in [1.82, 2.24) is 0 Å². The van der Waals surface area contributed by atoms with Crippen LogP contribution in [0.3, 0.4) is 0 Å². The lowest BCUT2D eigenvalue weighted by atomic mass is 10.0. The molecular formula is C21H40N2O. The zero-order valence-corrected chi connectivity index (χ0v) is 16.0. The third kappa shape index (κ3) is 15.8. The Morgan fingerprint density at radius 3 is 1.38 bits per heavy atom. The van der Waals surface area contributed by atoms with Gasteiger partial charge in [-0.25, -0.2) is 0 Å². The van der Waals surface area contributed by atoms with Gasteiger partial charge in [-0.15, -0.1) is 0 Å². The molecule has 3 nitrogen and oxygen atoms in total.